The number of carbonyl (C=O) groups is 1. The summed E-state index contributed by atoms with van der Waals surface area (Å²) in [6.07, 6.45) is 19.8. The van der Waals surface area contributed by atoms with Crippen molar-refractivity contribution in [2.24, 2.45) is 22.9 Å². The van der Waals surface area contributed by atoms with Crippen LogP contribution in [0.4, 0.5) is 9.18 Å². The summed E-state index contributed by atoms with van der Waals surface area (Å²) >= 11 is 0. The molecule has 4 aromatic carbocycles. The third kappa shape index (κ3) is 14.9. The first kappa shape index (κ1) is 56.2. The highest BCUT2D eigenvalue weighted by atomic mass is 19.1. The average Bonchev–Trinajstić information content (AvgIpc) is 3.40. The van der Waals surface area contributed by atoms with E-state index in [1.54, 1.807) is 23.1 Å². The summed E-state index contributed by atoms with van der Waals surface area (Å²) in [5.41, 5.74) is 4.85. The number of amides is 1. The van der Waals surface area contributed by atoms with E-state index in [1.807, 2.05) is 63.2 Å². The number of aliphatic hydroxyl groups is 2. The lowest BCUT2D eigenvalue weighted by atomic mass is 9.55. The summed E-state index contributed by atoms with van der Waals surface area (Å²) in [6.45, 7) is 12.8. The van der Waals surface area contributed by atoms with Gasteiger partial charge in [-0.05, 0) is 129 Å². The predicted molar refractivity (Wildman–Crippen MR) is 293 cm³/mol. The van der Waals surface area contributed by atoms with Crippen molar-refractivity contribution in [1.82, 2.24) is 4.90 Å². The van der Waals surface area contributed by atoms with Gasteiger partial charge in [0.25, 0.3) is 0 Å². The molecule has 10 nitrogen and oxygen atoms in total. The molecule has 11 heteroatoms. The summed E-state index contributed by atoms with van der Waals surface area (Å²) in [4.78, 5) is 23.1. The van der Waals surface area contributed by atoms with Crippen molar-refractivity contribution in [3.63, 3.8) is 0 Å². The summed E-state index contributed by atoms with van der Waals surface area (Å²) in [5, 5.41) is 25.2. The number of hydrogen-bond donors (Lipinski definition) is 2. The van der Waals surface area contributed by atoms with Gasteiger partial charge in [-0.2, -0.15) is 0 Å². The Morgan fingerprint density at radius 3 is 2.12 bits per heavy atom. The average molecular weight is 1020 g/mol. The molecule has 0 bridgehead atoms. The van der Waals surface area contributed by atoms with E-state index in [1.165, 1.54) is 50.7 Å². The summed E-state index contributed by atoms with van der Waals surface area (Å²) in [5.74, 6) is -0.660. The van der Waals surface area contributed by atoms with Gasteiger partial charge in [-0.1, -0.05) is 149 Å². The molecule has 1 aliphatic heterocycles. The van der Waals surface area contributed by atoms with Crippen molar-refractivity contribution in [2.75, 3.05) is 26.4 Å². The van der Waals surface area contributed by atoms with Crippen molar-refractivity contribution in [3.05, 3.63) is 138 Å². The first-order valence-electron chi connectivity index (χ1n) is 27.8. The van der Waals surface area contributed by atoms with Gasteiger partial charge in [0.1, 0.15) is 34.7 Å². The molecule has 400 valence electrons. The lowest BCUT2D eigenvalue weighted by Crippen LogP contribution is -2.70. The molecule has 0 spiro atoms. The van der Waals surface area contributed by atoms with Crippen LogP contribution in [0.1, 0.15) is 154 Å². The first-order valence-corrected chi connectivity index (χ1v) is 27.8. The fraction of sp³-hybridized carbons (Fsp3) is 0.524. The molecule has 7 rings (SSSR count). The lowest BCUT2D eigenvalue weighted by Gasteiger charge is -2.60. The van der Waals surface area contributed by atoms with Gasteiger partial charge < -0.3 is 34.0 Å². The van der Waals surface area contributed by atoms with Gasteiger partial charge in [-0.15, -0.1) is 6.58 Å². The smallest absolute Gasteiger partial charge is 0.410 e. The van der Waals surface area contributed by atoms with Gasteiger partial charge in [-0.25, -0.2) is 9.18 Å². The first-order chi connectivity index (χ1) is 36.0. The number of oxime groups is 1. The largest absolute Gasteiger partial charge is 0.459 e. The maximum atomic E-state index is 15.1. The summed E-state index contributed by atoms with van der Waals surface area (Å²) in [7, 11) is 0. The molecule has 2 aliphatic carbocycles. The Labute approximate surface area is 441 Å². The summed E-state index contributed by atoms with van der Waals surface area (Å²) < 4.78 is 42.2. The van der Waals surface area contributed by atoms with Crippen LogP contribution >= 0.6 is 0 Å². The minimum absolute atomic E-state index is 0.0149. The topological polar surface area (TPSA) is 119 Å². The van der Waals surface area contributed by atoms with Gasteiger partial charge in [0.05, 0.1) is 24.8 Å². The molecule has 4 aromatic rings. The maximum Gasteiger partial charge on any atom is 0.410 e. The maximum absolute atomic E-state index is 15.1. The SMILES string of the molecule is C=CCOC12Oc3ccc(Oc4ccc(-c5ccccc5)cc4)cc3C3C(CCCCO)C(CCCCO)C=C(C(=NOC(C)(C)C)CC1N(Cc1ccc(F)cc1)C(=O)OCCCCCCCCCCCC)C32. The van der Waals surface area contributed by atoms with Crippen molar-refractivity contribution >= 4 is 11.8 Å². The van der Waals surface area contributed by atoms with Crippen LogP contribution in [0.5, 0.6) is 17.2 Å². The fourth-order valence-corrected chi connectivity index (χ4v) is 11.3. The predicted octanol–water partition coefficient (Wildman–Crippen LogP) is 15.3. The molecule has 0 aromatic heterocycles. The molecular formula is C63H83FN2O8. The number of unbranched alkanes of at least 4 members (excludes halogenated alkanes) is 11. The molecule has 74 heavy (non-hydrogen) atoms. The number of nitrogens with zero attached hydrogens (tertiary/aromatic N) is 2. The molecule has 3 aliphatic rings. The van der Waals surface area contributed by atoms with Crippen molar-refractivity contribution < 1.29 is 43.2 Å². The summed E-state index contributed by atoms with van der Waals surface area (Å²) in [6, 6.07) is 29.7. The Balaban J connectivity index is 1.33. The van der Waals surface area contributed by atoms with Crippen molar-refractivity contribution in [3.8, 4) is 28.4 Å². The van der Waals surface area contributed by atoms with Gasteiger partial charge in [0.2, 0.25) is 5.79 Å². The molecule has 2 N–H and O–H groups in total. The van der Waals surface area contributed by atoms with E-state index in [4.69, 9.17) is 28.9 Å². The number of allylic oxidation sites excluding steroid dienone is 1. The number of ether oxygens (including phenoxy) is 4. The van der Waals surface area contributed by atoms with Crippen molar-refractivity contribution in [1.29, 1.82) is 0 Å². The Bertz CT molecular complexity index is 2420. The molecule has 0 radical (unpaired) electrons. The zero-order chi connectivity index (χ0) is 52.3. The van der Waals surface area contributed by atoms with Crippen LogP contribution in [0.3, 0.4) is 0 Å². The second-order valence-electron chi connectivity index (χ2n) is 21.5. The minimum Gasteiger partial charge on any atom is -0.459 e. The van der Waals surface area contributed by atoms with Crippen molar-refractivity contribution in [2.45, 2.75) is 167 Å². The second kappa shape index (κ2) is 27.9. The third-order valence-corrected chi connectivity index (χ3v) is 14.9. The molecule has 1 amide bonds. The highest BCUT2D eigenvalue weighted by molar-refractivity contribution is 6.03. The zero-order valence-electron chi connectivity index (χ0n) is 44.7. The highest BCUT2D eigenvalue weighted by Crippen LogP contribution is 2.62. The van der Waals surface area contributed by atoms with Crippen LogP contribution in [0.25, 0.3) is 11.1 Å². The van der Waals surface area contributed by atoms with Gasteiger partial charge in [-0.3, -0.25) is 4.90 Å². The number of rotatable bonds is 29. The molecule has 6 atom stereocenters. The van der Waals surface area contributed by atoms with Crippen LogP contribution < -0.4 is 9.47 Å². The van der Waals surface area contributed by atoms with E-state index >= 15 is 4.79 Å². The van der Waals surface area contributed by atoms with Crippen LogP contribution in [0.15, 0.2) is 127 Å². The van der Waals surface area contributed by atoms with E-state index < -0.39 is 29.4 Å². The highest BCUT2D eigenvalue weighted by Gasteiger charge is 2.66. The number of benzene rings is 4. The fourth-order valence-electron chi connectivity index (χ4n) is 11.3. The molecule has 1 saturated carbocycles. The van der Waals surface area contributed by atoms with E-state index in [-0.39, 0.29) is 63.0 Å². The van der Waals surface area contributed by atoms with Gasteiger partial charge in [0, 0.05) is 37.7 Å². The monoisotopic (exact) mass is 1010 g/mol. The van der Waals surface area contributed by atoms with Crippen LogP contribution in [-0.2, 0) is 20.9 Å². The minimum atomic E-state index is -1.50. The van der Waals surface area contributed by atoms with Crippen LogP contribution in [-0.4, -0.2) is 70.8 Å². The van der Waals surface area contributed by atoms with E-state index in [9.17, 15) is 14.6 Å². The number of halogens is 1. The molecular weight excluding hydrogens is 932 g/mol. The lowest BCUT2D eigenvalue weighted by molar-refractivity contribution is -0.256. The Morgan fingerprint density at radius 2 is 1.46 bits per heavy atom. The normalized spacial score (nSPS) is 21.5. The van der Waals surface area contributed by atoms with Crippen LogP contribution in [0.2, 0.25) is 0 Å². The number of hydrogen-bond acceptors (Lipinski definition) is 9. The second-order valence-corrected chi connectivity index (χ2v) is 21.5. The zero-order valence-corrected chi connectivity index (χ0v) is 44.7. The Kier molecular flexibility index (Phi) is 21.2. The van der Waals surface area contributed by atoms with Gasteiger partial charge >= 0.3 is 6.09 Å². The standard InChI is InChI=1S/C63H83FN2O8/c1-6-8-9-10-11-12-13-14-15-23-41-70-61(69)66(45-46-28-32-50(64)33-29-46)58-44-56(65-74-62(3,4)5)54-42-49(26-19-21-38-67)53(27-20-22-39-68)59-55-43-52(36-37-57(55)73-63(58,60(54)59)71-40-7-2)72-51-34-30-48(31-35-51)47-24-17-16-18-25-47/h7,16-18,24-25,28-37,42-43,49,53,58-60,67-68H,2,6,8-15,19-23,26-27,38-41,44-45H2,1,3-5H3. The molecule has 1 fully saturated rings. The number of carbonyl (C=O) groups excluding carboxylic acids is 1. The van der Waals surface area contributed by atoms with Gasteiger partial charge in [0.15, 0.2) is 0 Å². The quantitative estimate of drug-likeness (QED) is 0.0314. The van der Waals surface area contributed by atoms with E-state index in [0.717, 1.165) is 73.6 Å². The number of aliphatic hydroxyl groups excluding tert-OH is 2. The Hall–Kier alpha value is -5.49. The molecule has 0 saturated heterocycles. The number of fused-ring (bicyclic) bond motifs is 2. The van der Waals surface area contributed by atoms with E-state index in [2.05, 4.69) is 49.9 Å². The Morgan fingerprint density at radius 1 is 0.811 bits per heavy atom. The third-order valence-electron chi connectivity index (χ3n) is 14.9. The molecule has 6 unspecified atom stereocenters. The van der Waals surface area contributed by atoms with E-state index in [0.29, 0.717) is 41.4 Å². The molecule has 1 heterocycles. The van der Waals surface area contributed by atoms with Crippen LogP contribution in [0, 0.1) is 23.6 Å².